The van der Waals surface area contributed by atoms with Gasteiger partial charge in [0.25, 0.3) is 0 Å². The van der Waals surface area contributed by atoms with Crippen LogP contribution in [-0.2, 0) is 6.42 Å². The molecule has 1 aromatic heterocycles. The third-order valence-electron chi connectivity index (χ3n) is 3.46. The van der Waals surface area contributed by atoms with E-state index in [1.54, 1.807) is 5.57 Å². The van der Waals surface area contributed by atoms with Gasteiger partial charge in [0.1, 0.15) is 0 Å². The number of aromatic nitrogens is 2. The van der Waals surface area contributed by atoms with E-state index in [0.717, 1.165) is 18.0 Å². The minimum Gasteiger partial charge on any atom is -0.226 e. The van der Waals surface area contributed by atoms with Gasteiger partial charge in [0.15, 0.2) is 0 Å². The lowest BCUT2D eigenvalue weighted by Crippen LogP contribution is -1.98. The molecule has 0 radical (unpaired) electrons. The Hall–Kier alpha value is -0.890. The van der Waals surface area contributed by atoms with Crippen molar-refractivity contribution in [3.05, 3.63) is 28.3 Å². The molecule has 2 aliphatic carbocycles. The molecule has 2 nitrogen and oxygen atoms in total. The van der Waals surface area contributed by atoms with Gasteiger partial charge in [-0.05, 0) is 42.9 Å². The smallest absolute Gasteiger partial charge is 0.222 e. The molecule has 1 heterocycles. The average molecular weight is 221 g/mol. The van der Waals surface area contributed by atoms with Crippen molar-refractivity contribution in [3.8, 4) is 0 Å². The maximum absolute atomic E-state index is 5.78. The van der Waals surface area contributed by atoms with Gasteiger partial charge in [-0.3, -0.25) is 0 Å². The van der Waals surface area contributed by atoms with Crippen molar-refractivity contribution in [2.24, 2.45) is 5.92 Å². The van der Waals surface area contributed by atoms with Crippen molar-refractivity contribution in [2.75, 3.05) is 0 Å². The minimum absolute atomic E-state index is 0.359. The van der Waals surface area contributed by atoms with E-state index in [2.05, 4.69) is 16.0 Å². The summed E-state index contributed by atoms with van der Waals surface area (Å²) in [6.45, 7) is 0. The van der Waals surface area contributed by atoms with Gasteiger partial charge in [-0.2, -0.15) is 0 Å². The molecule has 0 atom stereocenters. The maximum Gasteiger partial charge on any atom is 0.222 e. The van der Waals surface area contributed by atoms with Crippen molar-refractivity contribution in [3.63, 3.8) is 0 Å². The van der Waals surface area contributed by atoms with E-state index in [0.29, 0.717) is 5.28 Å². The predicted octanol–water partition coefficient (Wildman–Crippen LogP) is 3.26. The second-order valence-corrected chi connectivity index (χ2v) is 4.76. The van der Waals surface area contributed by atoms with E-state index < -0.39 is 0 Å². The fraction of sp³-hybridized carbons (Fsp3) is 0.500. The van der Waals surface area contributed by atoms with Crippen LogP contribution in [0.3, 0.4) is 0 Å². The molecule has 1 aromatic rings. The lowest BCUT2D eigenvalue weighted by atomic mass is 9.96. The molecule has 3 rings (SSSR count). The standard InChI is InChI=1S/C12H13ClN2/c13-12-14-7-10-5-9(6-11(10)15-12)8-3-1-2-4-8/h6-8H,1-5H2. The first-order valence-electron chi connectivity index (χ1n) is 5.55. The molecule has 2 aliphatic rings. The number of nitrogens with zero attached hydrogens (tertiary/aromatic N) is 2. The number of halogens is 1. The first-order valence-corrected chi connectivity index (χ1v) is 5.92. The molecule has 78 valence electrons. The molecule has 0 saturated heterocycles. The molecule has 0 aliphatic heterocycles. The molecule has 15 heavy (non-hydrogen) atoms. The summed E-state index contributed by atoms with van der Waals surface area (Å²) in [7, 11) is 0. The molecule has 0 spiro atoms. The van der Waals surface area contributed by atoms with Gasteiger partial charge in [-0.25, -0.2) is 9.97 Å². The molecular weight excluding hydrogens is 208 g/mol. The van der Waals surface area contributed by atoms with Crippen molar-refractivity contribution < 1.29 is 0 Å². The van der Waals surface area contributed by atoms with E-state index in [-0.39, 0.29) is 0 Å². The van der Waals surface area contributed by atoms with Crippen LogP contribution in [0.15, 0.2) is 11.8 Å². The molecule has 1 fully saturated rings. The number of hydrogen-bond donors (Lipinski definition) is 0. The zero-order chi connectivity index (χ0) is 10.3. The van der Waals surface area contributed by atoms with Gasteiger partial charge in [-0.15, -0.1) is 0 Å². The molecule has 0 N–H and O–H groups in total. The molecule has 0 bridgehead atoms. The Kier molecular flexibility index (Phi) is 2.24. The van der Waals surface area contributed by atoms with Crippen molar-refractivity contribution in [1.82, 2.24) is 9.97 Å². The Bertz CT molecular complexity index is 420. The summed E-state index contributed by atoms with van der Waals surface area (Å²) < 4.78 is 0. The van der Waals surface area contributed by atoms with Gasteiger partial charge in [0.2, 0.25) is 5.28 Å². The van der Waals surface area contributed by atoms with E-state index in [9.17, 15) is 0 Å². The summed E-state index contributed by atoms with van der Waals surface area (Å²) in [6.07, 6.45) is 10.6. The Morgan fingerprint density at radius 1 is 1.27 bits per heavy atom. The molecule has 0 amide bonds. The van der Waals surface area contributed by atoms with Crippen molar-refractivity contribution >= 4 is 17.7 Å². The van der Waals surface area contributed by atoms with Gasteiger partial charge < -0.3 is 0 Å². The molecule has 0 aromatic carbocycles. The third kappa shape index (κ3) is 1.67. The first-order chi connectivity index (χ1) is 7.33. The van der Waals surface area contributed by atoms with Crippen LogP contribution in [0.2, 0.25) is 5.28 Å². The molecule has 0 unspecified atom stereocenters. The average Bonchev–Trinajstić information content (AvgIpc) is 2.84. The fourth-order valence-corrected chi connectivity index (χ4v) is 2.80. The topological polar surface area (TPSA) is 25.8 Å². The van der Waals surface area contributed by atoms with Gasteiger partial charge >= 0.3 is 0 Å². The number of hydrogen-bond acceptors (Lipinski definition) is 2. The van der Waals surface area contributed by atoms with Crippen LogP contribution < -0.4 is 0 Å². The fourth-order valence-electron chi connectivity index (χ4n) is 2.66. The second kappa shape index (κ2) is 3.60. The largest absolute Gasteiger partial charge is 0.226 e. The van der Waals surface area contributed by atoms with Crippen LogP contribution in [0, 0.1) is 5.92 Å². The quantitative estimate of drug-likeness (QED) is 0.679. The van der Waals surface area contributed by atoms with Crippen LogP contribution in [0.5, 0.6) is 0 Å². The Labute approximate surface area is 94.4 Å². The highest BCUT2D eigenvalue weighted by Gasteiger charge is 2.24. The normalized spacial score (nSPS) is 20.5. The number of fused-ring (bicyclic) bond motifs is 1. The highest BCUT2D eigenvalue weighted by Crippen LogP contribution is 2.37. The third-order valence-corrected chi connectivity index (χ3v) is 3.65. The molecular formula is C12H13ClN2. The second-order valence-electron chi connectivity index (χ2n) is 4.43. The van der Waals surface area contributed by atoms with Crippen LogP contribution in [0.4, 0.5) is 0 Å². The maximum atomic E-state index is 5.78. The van der Waals surface area contributed by atoms with Gasteiger partial charge in [0.05, 0.1) is 5.69 Å². The van der Waals surface area contributed by atoms with Gasteiger partial charge in [0, 0.05) is 11.8 Å². The lowest BCUT2D eigenvalue weighted by Gasteiger charge is -2.09. The summed E-state index contributed by atoms with van der Waals surface area (Å²) in [5.41, 5.74) is 3.82. The van der Waals surface area contributed by atoms with Crippen molar-refractivity contribution in [1.29, 1.82) is 0 Å². The first kappa shape index (κ1) is 9.34. The Morgan fingerprint density at radius 3 is 2.87 bits per heavy atom. The molecule has 3 heteroatoms. The molecule has 1 saturated carbocycles. The highest BCUT2D eigenvalue weighted by atomic mass is 35.5. The van der Waals surface area contributed by atoms with Crippen LogP contribution in [-0.4, -0.2) is 9.97 Å². The zero-order valence-electron chi connectivity index (χ0n) is 8.54. The summed E-state index contributed by atoms with van der Waals surface area (Å²) in [5.74, 6) is 0.790. The minimum atomic E-state index is 0.359. The number of allylic oxidation sites excluding steroid dienone is 1. The highest BCUT2D eigenvalue weighted by molar-refractivity contribution is 6.28. The van der Waals surface area contributed by atoms with Gasteiger partial charge in [-0.1, -0.05) is 18.4 Å². The lowest BCUT2D eigenvalue weighted by molar-refractivity contribution is 0.634. The van der Waals surface area contributed by atoms with E-state index in [1.165, 1.54) is 31.2 Å². The predicted molar refractivity (Wildman–Crippen MR) is 60.7 cm³/mol. The van der Waals surface area contributed by atoms with Crippen molar-refractivity contribution in [2.45, 2.75) is 32.1 Å². The van der Waals surface area contributed by atoms with E-state index in [4.69, 9.17) is 11.6 Å². The zero-order valence-corrected chi connectivity index (χ0v) is 9.30. The number of rotatable bonds is 1. The van der Waals surface area contributed by atoms with E-state index in [1.807, 2.05) is 6.20 Å². The summed E-state index contributed by atoms with van der Waals surface area (Å²) >= 11 is 5.78. The Balaban J connectivity index is 1.89. The monoisotopic (exact) mass is 220 g/mol. The van der Waals surface area contributed by atoms with Crippen LogP contribution in [0.25, 0.3) is 6.08 Å². The SMILES string of the molecule is Clc1ncc2c(n1)C=C(C1CCCC1)C2. The summed E-state index contributed by atoms with van der Waals surface area (Å²) in [4.78, 5) is 8.29. The van der Waals surface area contributed by atoms with Crippen LogP contribution >= 0.6 is 11.6 Å². The summed E-state index contributed by atoms with van der Waals surface area (Å²) in [5, 5.41) is 0.359. The van der Waals surface area contributed by atoms with Crippen LogP contribution in [0.1, 0.15) is 36.9 Å². The van der Waals surface area contributed by atoms with E-state index >= 15 is 0 Å². The Morgan fingerprint density at radius 2 is 2.07 bits per heavy atom. The summed E-state index contributed by atoms with van der Waals surface area (Å²) in [6, 6.07) is 0.